The smallest absolute Gasteiger partial charge is 0.189 e. The second-order valence-corrected chi connectivity index (χ2v) is 10.8. The summed E-state index contributed by atoms with van der Waals surface area (Å²) in [5.41, 5.74) is 7.78. The summed E-state index contributed by atoms with van der Waals surface area (Å²) in [6.07, 6.45) is 15.8. The number of hydrogen-bond acceptors (Lipinski definition) is 4. The Morgan fingerprint density at radius 3 is 2.28 bits per heavy atom. The first kappa shape index (κ1) is 30.2. The van der Waals surface area contributed by atoms with Crippen molar-refractivity contribution in [3.8, 4) is 11.5 Å². The molecule has 0 aliphatic carbocycles. The van der Waals surface area contributed by atoms with Gasteiger partial charge in [0.2, 0.25) is 0 Å². The Bertz CT molecular complexity index is 921. The van der Waals surface area contributed by atoms with Crippen LogP contribution in [0, 0.1) is 13.8 Å². The standard InChI is InChI=1S/C32H50O4/c1-24(2)12-9-13-25(3)14-10-15-26(4)16-11-18-32(7)19-17-29-22-30(35-23-34-21-20-33-8)27(5)28(6)31(29)36-32/h12,14,16,22H,9-11,13,15,17-21,23H2,1-8H3. The summed E-state index contributed by atoms with van der Waals surface area (Å²) in [5.74, 6) is 1.93. The van der Waals surface area contributed by atoms with Crippen LogP contribution in [0.2, 0.25) is 0 Å². The third-order valence-corrected chi connectivity index (χ3v) is 7.16. The fourth-order valence-electron chi connectivity index (χ4n) is 4.55. The monoisotopic (exact) mass is 498 g/mol. The zero-order valence-corrected chi connectivity index (χ0v) is 24.2. The Morgan fingerprint density at radius 2 is 1.61 bits per heavy atom. The Labute approximate surface area is 220 Å². The van der Waals surface area contributed by atoms with E-state index < -0.39 is 0 Å². The molecule has 202 valence electrons. The van der Waals surface area contributed by atoms with Crippen LogP contribution in [0.5, 0.6) is 11.5 Å². The number of rotatable bonds is 15. The lowest BCUT2D eigenvalue weighted by atomic mass is 9.86. The highest BCUT2D eigenvalue weighted by atomic mass is 16.7. The predicted molar refractivity (Wildman–Crippen MR) is 151 cm³/mol. The molecule has 4 heteroatoms. The number of allylic oxidation sites excluding steroid dienone is 6. The maximum Gasteiger partial charge on any atom is 0.189 e. The fraction of sp³-hybridized carbons (Fsp3) is 0.625. The average molecular weight is 499 g/mol. The first-order valence-electron chi connectivity index (χ1n) is 13.6. The molecule has 4 nitrogen and oxygen atoms in total. The lowest BCUT2D eigenvalue weighted by molar-refractivity contribution is -0.00904. The van der Waals surface area contributed by atoms with Crippen molar-refractivity contribution in [2.45, 2.75) is 105 Å². The maximum atomic E-state index is 6.65. The molecule has 1 aliphatic heterocycles. The van der Waals surface area contributed by atoms with Gasteiger partial charge in [-0.05, 0) is 123 Å². The van der Waals surface area contributed by atoms with Crippen LogP contribution in [0.15, 0.2) is 41.0 Å². The first-order valence-corrected chi connectivity index (χ1v) is 13.6. The third kappa shape index (κ3) is 10.1. The van der Waals surface area contributed by atoms with Gasteiger partial charge in [0.15, 0.2) is 6.79 Å². The van der Waals surface area contributed by atoms with Crippen molar-refractivity contribution in [2.24, 2.45) is 0 Å². The van der Waals surface area contributed by atoms with Gasteiger partial charge in [0.25, 0.3) is 0 Å². The lowest BCUT2D eigenvalue weighted by Crippen LogP contribution is -2.36. The molecular formula is C32H50O4. The first-order chi connectivity index (χ1) is 17.1. The van der Waals surface area contributed by atoms with E-state index in [9.17, 15) is 0 Å². The Kier molecular flexibility index (Phi) is 12.8. The van der Waals surface area contributed by atoms with Crippen LogP contribution in [0.3, 0.4) is 0 Å². The van der Waals surface area contributed by atoms with Crippen LogP contribution in [0.1, 0.15) is 96.3 Å². The topological polar surface area (TPSA) is 36.9 Å². The Morgan fingerprint density at radius 1 is 0.944 bits per heavy atom. The minimum absolute atomic E-state index is 0.131. The van der Waals surface area contributed by atoms with Crippen molar-refractivity contribution in [1.29, 1.82) is 0 Å². The van der Waals surface area contributed by atoms with E-state index >= 15 is 0 Å². The van der Waals surface area contributed by atoms with Crippen LogP contribution in [-0.2, 0) is 15.9 Å². The van der Waals surface area contributed by atoms with Gasteiger partial charge >= 0.3 is 0 Å². The van der Waals surface area contributed by atoms with Crippen LogP contribution in [0.4, 0.5) is 0 Å². The summed E-state index contributed by atoms with van der Waals surface area (Å²) in [5, 5.41) is 0. The molecule has 0 fully saturated rings. The van der Waals surface area contributed by atoms with Gasteiger partial charge in [-0.1, -0.05) is 34.9 Å². The van der Waals surface area contributed by atoms with E-state index in [1.807, 2.05) is 0 Å². The van der Waals surface area contributed by atoms with Gasteiger partial charge in [0.05, 0.1) is 13.2 Å². The number of fused-ring (bicyclic) bond motifs is 1. The van der Waals surface area contributed by atoms with Crippen LogP contribution < -0.4 is 9.47 Å². The highest BCUT2D eigenvalue weighted by molar-refractivity contribution is 5.53. The molecule has 1 aromatic rings. The summed E-state index contributed by atoms with van der Waals surface area (Å²) >= 11 is 0. The molecule has 36 heavy (non-hydrogen) atoms. The van der Waals surface area contributed by atoms with E-state index in [0.29, 0.717) is 13.2 Å². The van der Waals surface area contributed by atoms with Gasteiger partial charge < -0.3 is 18.9 Å². The van der Waals surface area contributed by atoms with Crippen LogP contribution >= 0.6 is 0 Å². The average Bonchev–Trinajstić information content (AvgIpc) is 2.82. The normalized spacial score (nSPS) is 18.0. The zero-order chi connectivity index (χ0) is 26.6. The highest BCUT2D eigenvalue weighted by Gasteiger charge is 2.32. The number of methoxy groups -OCH3 is 1. The Balaban J connectivity index is 1.86. The van der Waals surface area contributed by atoms with Gasteiger partial charge in [0.1, 0.15) is 17.1 Å². The summed E-state index contributed by atoms with van der Waals surface area (Å²) in [7, 11) is 1.67. The number of hydrogen-bond donors (Lipinski definition) is 0. The molecule has 0 spiro atoms. The van der Waals surface area contributed by atoms with E-state index in [4.69, 9.17) is 18.9 Å². The second-order valence-electron chi connectivity index (χ2n) is 10.8. The lowest BCUT2D eigenvalue weighted by Gasteiger charge is -2.37. The van der Waals surface area contributed by atoms with Gasteiger partial charge in [-0.25, -0.2) is 0 Å². The van der Waals surface area contributed by atoms with E-state index in [-0.39, 0.29) is 12.4 Å². The molecule has 1 unspecified atom stereocenters. The highest BCUT2D eigenvalue weighted by Crippen LogP contribution is 2.42. The molecule has 0 amide bonds. The minimum atomic E-state index is -0.131. The quantitative estimate of drug-likeness (QED) is 0.138. The molecule has 0 N–H and O–H groups in total. The third-order valence-electron chi connectivity index (χ3n) is 7.16. The van der Waals surface area contributed by atoms with Crippen molar-refractivity contribution < 1.29 is 18.9 Å². The van der Waals surface area contributed by atoms with Crippen molar-refractivity contribution in [2.75, 3.05) is 27.1 Å². The molecule has 0 bridgehead atoms. The largest absolute Gasteiger partial charge is 0.487 e. The van der Waals surface area contributed by atoms with E-state index in [1.54, 1.807) is 7.11 Å². The predicted octanol–water partition coefficient (Wildman–Crippen LogP) is 8.59. The van der Waals surface area contributed by atoms with E-state index in [0.717, 1.165) is 62.0 Å². The maximum absolute atomic E-state index is 6.65. The summed E-state index contributed by atoms with van der Waals surface area (Å²) in [4.78, 5) is 0. The molecule has 1 atom stereocenters. The minimum Gasteiger partial charge on any atom is -0.487 e. The second kappa shape index (κ2) is 15.3. The molecule has 0 saturated carbocycles. The summed E-state index contributed by atoms with van der Waals surface area (Å²) < 4.78 is 23.0. The zero-order valence-electron chi connectivity index (χ0n) is 24.2. The van der Waals surface area contributed by atoms with Gasteiger partial charge in [-0.15, -0.1) is 0 Å². The molecule has 2 rings (SSSR count). The number of ether oxygens (including phenoxy) is 4. The van der Waals surface area contributed by atoms with E-state index in [2.05, 4.69) is 72.8 Å². The van der Waals surface area contributed by atoms with Crippen molar-refractivity contribution in [3.05, 3.63) is 57.7 Å². The van der Waals surface area contributed by atoms with Gasteiger partial charge in [-0.2, -0.15) is 0 Å². The molecule has 0 aromatic heterocycles. The van der Waals surface area contributed by atoms with Gasteiger partial charge in [0, 0.05) is 7.11 Å². The molecule has 1 heterocycles. The number of benzene rings is 1. The molecule has 1 aliphatic rings. The van der Waals surface area contributed by atoms with Crippen molar-refractivity contribution >= 4 is 0 Å². The van der Waals surface area contributed by atoms with Gasteiger partial charge in [-0.3, -0.25) is 0 Å². The van der Waals surface area contributed by atoms with Crippen molar-refractivity contribution in [3.63, 3.8) is 0 Å². The summed E-state index contributed by atoms with van der Waals surface area (Å²) in [6, 6.07) is 2.14. The Hall–Kier alpha value is -2.04. The number of aryl methyl sites for hydroxylation is 1. The van der Waals surface area contributed by atoms with Crippen LogP contribution in [0.25, 0.3) is 0 Å². The molecule has 1 aromatic carbocycles. The molecule has 0 saturated heterocycles. The molecular weight excluding hydrogens is 448 g/mol. The molecule has 0 radical (unpaired) electrons. The summed E-state index contributed by atoms with van der Waals surface area (Å²) in [6.45, 7) is 16.7. The van der Waals surface area contributed by atoms with E-state index in [1.165, 1.54) is 34.3 Å². The van der Waals surface area contributed by atoms with Crippen LogP contribution in [-0.4, -0.2) is 32.7 Å². The van der Waals surface area contributed by atoms with Crippen molar-refractivity contribution in [1.82, 2.24) is 0 Å². The SMILES string of the molecule is COCCOCOc1cc2c(c(C)c1C)OC(C)(CCC=C(C)CCC=C(C)CCC=C(C)C)CC2. The fourth-order valence-corrected chi connectivity index (χ4v) is 4.55.